The number of halogens is 1. The number of carbonyl (C=O) groups is 1. The average Bonchev–Trinajstić information content (AvgIpc) is 2.95. The van der Waals surface area contributed by atoms with Crippen LogP contribution in [0.3, 0.4) is 0 Å². The Morgan fingerprint density at radius 1 is 1.18 bits per heavy atom. The molecule has 22 heavy (non-hydrogen) atoms. The Balaban J connectivity index is 1.68. The molecule has 0 saturated heterocycles. The summed E-state index contributed by atoms with van der Waals surface area (Å²) in [5, 5.41) is 4.27. The molecule has 0 unspecified atom stereocenters. The van der Waals surface area contributed by atoms with Gasteiger partial charge in [-0.05, 0) is 51.9 Å². The molecule has 3 rings (SSSR count). The standard InChI is InChI=1S/C17H15IN2O2/c1-22-16-7-6-13(10-15(16)18)17(21)20-19-14-8-11-4-2-3-5-12(11)9-14/h2-7,10H,8-9H2,1H3,(H,20,21). The summed E-state index contributed by atoms with van der Waals surface area (Å²) in [5.41, 5.74) is 6.78. The first kappa shape index (κ1) is 15.0. The molecule has 0 saturated carbocycles. The van der Waals surface area contributed by atoms with E-state index < -0.39 is 0 Å². The summed E-state index contributed by atoms with van der Waals surface area (Å²) in [4.78, 5) is 12.2. The highest BCUT2D eigenvalue weighted by Gasteiger charge is 2.16. The number of benzene rings is 2. The van der Waals surface area contributed by atoms with Crippen molar-refractivity contribution in [2.75, 3.05) is 7.11 Å². The van der Waals surface area contributed by atoms with Crippen molar-refractivity contribution in [2.45, 2.75) is 12.8 Å². The van der Waals surface area contributed by atoms with Crippen LogP contribution < -0.4 is 10.2 Å². The highest BCUT2D eigenvalue weighted by Crippen LogP contribution is 2.22. The van der Waals surface area contributed by atoms with Gasteiger partial charge in [0.25, 0.3) is 5.91 Å². The molecule has 0 atom stereocenters. The minimum atomic E-state index is -0.205. The Bertz CT molecular complexity index is 729. The largest absolute Gasteiger partial charge is 0.496 e. The van der Waals surface area contributed by atoms with Crippen LogP contribution >= 0.6 is 22.6 Å². The quantitative estimate of drug-likeness (QED) is 0.629. The summed E-state index contributed by atoms with van der Waals surface area (Å²) >= 11 is 2.15. The second-order valence-electron chi connectivity index (χ2n) is 5.09. The van der Waals surface area contributed by atoms with Gasteiger partial charge in [-0.15, -0.1) is 0 Å². The molecule has 0 spiro atoms. The van der Waals surface area contributed by atoms with Gasteiger partial charge in [0, 0.05) is 24.1 Å². The Morgan fingerprint density at radius 2 is 1.86 bits per heavy atom. The third kappa shape index (κ3) is 3.14. The number of carbonyl (C=O) groups excluding carboxylic acids is 1. The first-order valence-electron chi connectivity index (χ1n) is 6.93. The molecule has 0 heterocycles. The predicted molar refractivity (Wildman–Crippen MR) is 94.5 cm³/mol. The van der Waals surface area contributed by atoms with Crippen LogP contribution in [0.5, 0.6) is 5.75 Å². The molecule has 2 aromatic carbocycles. The molecule has 0 fully saturated rings. The molecule has 1 amide bonds. The monoisotopic (exact) mass is 406 g/mol. The zero-order valence-corrected chi connectivity index (χ0v) is 14.3. The molecular weight excluding hydrogens is 391 g/mol. The lowest BCUT2D eigenvalue weighted by Crippen LogP contribution is -2.20. The lowest BCUT2D eigenvalue weighted by atomic mass is 10.1. The van der Waals surface area contributed by atoms with E-state index in [1.807, 2.05) is 12.1 Å². The van der Waals surface area contributed by atoms with Crippen molar-refractivity contribution in [3.8, 4) is 5.75 Å². The Labute approximate surface area is 142 Å². The zero-order valence-electron chi connectivity index (χ0n) is 12.1. The molecule has 4 nitrogen and oxygen atoms in total. The topological polar surface area (TPSA) is 50.7 Å². The Kier molecular flexibility index (Phi) is 4.42. The lowest BCUT2D eigenvalue weighted by Gasteiger charge is -2.05. The van der Waals surface area contributed by atoms with Crippen molar-refractivity contribution in [2.24, 2.45) is 5.10 Å². The molecule has 1 aliphatic carbocycles. The molecule has 2 aromatic rings. The molecule has 5 heteroatoms. The minimum absolute atomic E-state index is 0.205. The van der Waals surface area contributed by atoms with E-state index in [2.05, 4.69) is 45.3 Å². The van der Waals surface area contributed by atoms with E-state index in [1.54, 1.807) is 25.3 Å². The summed E-state index contributed by atoms with van der Waals surface area (Å²) in [6.45, 7) is 0. The number of hydrogen-bond acceptors (Lipinski definition) is 3. The van der Waals surface area contributed by atoms with E-state index >= 15 is 0 Å². The molecule has 0 radical (unpaired) electrons. The molecule has 0 bridgehead atoms. The maximum absolute atomic E-state index is 12.2. The molecule has 0 aliphatic heterocycles. The van der Waals surface area contributed by atoms with Gasteiger partial charge in [0.1, 0.15) is 5.75 Å². The predicted octanol–water partition coefficient (Wildman–Crippen LogP) is 3.18. The zero-order chi connectivity index (χ0) is 15.5. The fourth-order valence-electron chi connectivity index (χ4n) is 2.49. The van der Waals surface area contributed by atoms with Crippen LogP contribution in [0.25, 0.3) is 0 Å². The number of hydrogen-bond donors (Lipinski definition) is 1. The smallest absolute Gasteiger partial charge is 0.271 e. The van der Waals surface area contributed by atoms with E-state index in [0.29, 0.717) is 5.56 Å². The fourth-order valence-corrected chi connectivity index (χ4v) is 3.22. The number of amides is 1. The van der Waals surface area contributed by atoms with Crippen molar-refractivity contribution in [1.82, 2.24) is 5.43 Å². The van der Waals surface area contributed by atoms with E-state index in [1.165, 1.54) is 11.1 Å². The van der Waals surface area contributed by atoms with Gasteiger partial charge >= 0.3 is 0 Å². The van der Waals surface area contributed by atoms with Crippen molar-refractivity contribution < 1.29 is 9.53 Å². The maximum Gasteiger partial charge on any atom is 0.271 e. The van der Waals surface area contributed by atoms with Gasteiger partial charge in [-0.1, -0.05) is 24.3 Å². The van der Waals surface area contributed by atoms with Gasteiger partial charge in [0.2, 0.25) is 0 Å². The number of rotatable bonds is 3. The maximum atomic E-state index is 12.2. The molecule has 112 valence electrons. The average molecular weight is 406 g/mol. The molecule has 1 N–H and O–H groups in total. The van der Waals surface area contributed by atoms with Gasteiger partial charge in [-0.2, -0.15) is 5.10 Å². The lowest BCUT2D eigenvalue weighted by molar-refractivity contribution is 0.0954. The van der Waals surface area contributed by atoms with Crippen molar-refractivity contribution in [3.05, 3.63) is 62.7 Å². The van der Waals surface area contributed by atoms with Crippen LogP contribution in [-0.4, -0.2) is 18.7 Å². The van der Waals surface area contributed by atoms with Gasteiger partial charge in [-0.25, -0.2) is 5.43 Å². The third-order valence-corrected chi connectivity index (χ3v) is 4.48. The van der Waals surface area contributed by atoms with Crippen LogP contribution in [0.2, 0.25) is 0 Å². The number of nitrogens with zero attached hydrogens (tertiary/aromatic N) is 1. The minimum Gasteiger partial charge on any atom is -0.496 e. The highest BCUT2D eigenvalue weighted by atomic mass is 127. The highest BCUT2D eigenvalue weighted by molar-refractivity contribution is 14.1. The van der Waals surface area contributed by atoms with Crippen LogP contribution in [0.4, 0.5) is 0 Å². The van der Waals surface area contributed by atoms with Gasteiger partial charge in [-0.3, -0.25) is 4.79 Å². The van der Waals surface area contributed by atoms with Crippen molar-refractivity contribution >= 4 is 34.2 Å². The number of methoxy groups -OCH3 is 1. The van der Waals surface area contributed by atoms with Crippen LogP contribution in [0, 0.1) is 3.57 Å². The number of fused-ring (bicyclic) bond motifs is 1. The van der Waals surface area contributed by atoms with Gasteiger partial charge in [0.15, 0.2) is 0 Å². The Morgan fingerprint density at radius 3 is 2.45 bits per heavy atom. The van der Waals surface area contributed by atoms with E-state index in [-0.39, 0.29) is 5.91 Å². The summed E-state index contributed by atoms with van der Waals surface area (Å²) in [6.07, 6.45) is 1.60. The summed E-state index contributed by atoms with van der Waals surface area (Å²) in [5.74, 6) is 0.554. The van der Waals surface area contributed by atoms with E-state index in [9.17, 15) is 4.79 Å². The third-order valence-electron chi connectivity index (χ3n) is 3.64. The SMILES string of the molecule is COc1ccc(C(=O)NN=C2Cc3ccccc3C2)cc1I. The summed E-state index contributed by atoms with van der Waals surface area (Å²) in [6, 6.07) is 13.6. The number of nitrogens with one attached hydrogen (secondary N) is 1. The molecule has 0 aromatic heterocycles. The number of ether oxygens (including phenoxy) is 1. The fraction of sp³-hybridized carbons (Fsp3) is 0.176. The van der Waals surface area contributed by atoms with Crippen LogP contribution in [0.15, 0.2) is 47.6 Å². The normalized spacial score (nSPS) is 12.7. The summed E-state index contributed by atoms with van der Waals surface area (Å²) in [7, 11) is 1.61. The Hall–Kier alpha value is -1.89. The first-order chi connectivity index (χ1) is 10.7. The summed E-state index contributed by atoms with van der Waals surface area (Å²) < 4.78 is 6.09. The van der Waals surface area contributed by atoms with Crippen molar-refractivity contribution in [1.29, 1.82) is 0 Å². The second-order valence-corrected chi connectivity index (χ2v) is 6.25. The number of hydrazone groups is 1. The van der Waals surface area contributed by atoms with Crippen molar-refractivity contribution in [3.63, 3.8) is 0 Å². The molecule has 1 aliphatic rings. The second kappa shape index (κ2) is 6.48. The molecular formula is C17H15IN2O2. The van der Waals surface area contributed by atoms with E-state index in [4.69, 9.17) is 4.74 Å². The van der Waals surface area contributed by atoms with Gasteiger partial charge < -0.3 is 4.74 Å². The van der Waals surface area contributed by atoms with Crippen LogP contribution in [0.1, 0.15) is 21.5 Å². The van der Waals surface area contributed by atoms with E-state index in [0.717, 1.165) is 27.9 Å². The van der Waals surface area contributed by atoms with Crippen LogP contribution in [-0.2, 0) is 12.8 Å². The first-order valence-corrected chi connectivity index (χ1v) is 8.01. The van der Waals surface area contributed by atoms with Gasteiger partial charge in [0.05, 0.1) is 10.7 Å².